The Morgan fingerprint density at radius 1 is 1.03 bits per heavy atom. The molecular weight excluding hydrogens is 404 g/mol. The van der Waals surface area contributed by atoms with E-state index in [2.05, 4.69) is 26.1 Å². The number of hydrogen-bond donors (Lipinski definition) is 1. The smallest absolute Gasteiger partial charge is 0.251 e. The lowest BCUT2D eigenvalue weighted by atomic mass is 10.1. The Balaban J connectivity index is 1.94. The average molecular weight is 435 g/mol. The summed E-state index contributed by atoms with van der Waals surface area (Å²) in [6, 6.07) is 13.9. The van der Waals surface area contributed by atoms with Crippen LogP contribution in [-0.4, -0.2) is 42.7 Å². The van der Waals surface area contributed by atoms with Crippen molar-refractivity contribution in [1.82, 2.24) is 9.62 Å². The largest absolute Gasteiger partial charge is 0.351 e. The van der Waals surface area contributed by atoms with Gasteiger partial charge in [0, 0.05) is 36.2 Å². The van der Waals surface area contributed by atoms with E-state index in [9.17, 15) is 13.2 Å². The van der Waals surface area contributed by atoms with Crippen LogP contribution in [0, 0.1) is 6.92 Å². The van der Waals surface area contributed by atoms with Gasteiger partial charge in [0.25, 0.3) is 5.91 Å². The molecule has 1 N–H and O–H groups in total. The topological polar surface area (TPSA) is 66.5 Å². The predicted molar refractivity (Wildman–Crippen MR) is 121 cm³/mol. The Morgan fingerprint density at radius 2 is 1.62 bits per heavy atom. The van der Waals surface area contributed by atoms with Crippen LogP contribution in [0.4, 0.5) is 0 Å². The van der Waals surface area contributed by atoms with Gasteiger partial charge in [-0.1, -0.05) is 50.6 Å². The highest BCUT2D eigenvalue weighted by Gasteiger charge is 2.20. The van der Waals surface area contributed by atoms with E-state index in [1.165, 1.54) is 4.31 Å². The molecule has 158 valence electrons. The van der Waals surface area contributed by atoms with E-state index in [0.717, 1.165) is 16.9 Å². The summed E-state index contributed by atoms with van der Waals surface area (Å²) in [4.78, 5) is 12.5. The standard InChI is InChI=1S/C22H30N2O3S2/c1-17-6-12-20(13-7-17)29(26,27)24(5)16-18-8-10-19(11-9-18)21(25)23-14-15-28-22(2,3)4/h6-13H,14-16H2,1-5H3,(H,23,25). The van der Waals surface area contributed by atoms with Gasteiger partial charge in [-0.15, -0.1) is 0 Å². The second kappa shape index (κ2) is 9.78. The lowest BCUT2D eigenvalue weighted by Crippen LogP contribution is -2.27. The molecule has 0 saturated heterocycles. The third-order valence-electron chi connectivity index (χ3n) is 4.27. The van der Waals surface area contributed by atoms with E-state index in [1.807, 2.05) is 6.92 Å². The minimum atomic E-state index is -3.56. The van der Waals surface area contributed by atoms with E-state index >= 15 is 0 Å². The summed E-state index contributed by atoms with van der Waals surface area (Å²) in [5.74, 6) is 0.737. The highest BCUT2D eigenvalue weighted by atomic mass is 32.2. The summed E-state index contributed by atoms with van der Waals surface area (Å²) in [6.45, 7) is 9.21. The first-order valence-electron chi connectivity index (χ1n) is 9.53. The van der Waals surface area contributed by atoms with Crippen LogP contribution >= 0.6 is 11.8 Å². The van der Waals surface area contributed by atoms with E-state index in [1.54, 1.807) is 67.3 Å². The molecule has 5 nitrogen and oxygen atoms in total. The number of nitrogens with zero attached hydrogens (tertiary/aromatic N) is 1. The van der Waals surface area contributed by atoms with Gasteiger partial charge in [0.15, 0.2) is 0 Å². The van der Waals surface area contributed by atoms with Gasteiger partial charge in [0.05, 0.1) is 4.90 Å². The fourth-order valence-corrected chi connectivity index (χ4v) is 4.59. The first-order valence-corrected chi connectivity index (χ1v) is 12.0. The monoisotopic (exact) mass is 434 g/mol. The third-order valence-corrected chi connectivity index (χ3v) is 7.37. The van der Waals surface area contributed by atoms with Crippen LogP contribution in [0.25, 0.3) is 0 Å². The summed E-state index contributed by atoms with van der Waals surface area (Å²) in [5, 5.41) is 2.92. The molecular formula is C22H30N2O3S2. The third kappa shape index (κ3) is 7.17. The molecule has 0 saturated carbocycles. The summed E-state index contributed by atoms with van der Waals surface area (Å²) in [5.41, 5.74) is 2.40. The maximum Gasteiger partial charge on any atom is 0.251 e. The fourth-order valence-electron chi connectivity index (χ4n) is 2.62. The summed E-state index contributed by atoms with van der Waals surface area (Å²) in [6.07, 6.45) is 0. The lowest BCUT2D eigenvalue weighted by Gasteiger charge is -2.18. The van der Waals surface area contributed by atoms with Crippen molar-refractivity contribution < 1.29 is 13.2 Å². The molecule has 0 heterocycles. The Bertz CT molecular complexity index is 916. The minimum Gasteiger partial charge on any atom is -0.351 e. The molecule has 2 aromatic rings. The number of carbonyl (C=O) groups excluding carboxylic acids is 1. The van der Waals surface area contributed by atoms with E-state index in [0.29, 0.717) is 12.1 Å². The molecule has 0 spiro atoms. The predicted octanol–water partition coefficient (Wildman–Crippen LogP) is 4.08. The van der Waals surface area contributed by atoms with Crippen LogP contribution in [0.3, 0.4) is 0 Å². The highest BCUT2D eigenvalue weighted by Crippen LogP contribution is 2.22. The van der Waals surface area contributed by atoms with Gasteiger partial charge in [-0.25, -0.2) is 8.42 Å². The normalized spacial score (nSPS) is 12.2. The molecule has 0 aromatic heterocycles. The van der Waals surface area contributed by atoms with Crippen molar-refractivity contribution in [2.24, 2.45) is 0 Å². The number of aryl methyl sites for hydroxylation is 1. The second-order valence-electron chi connectivity index (χ2n) is 7.99. The van der Waals surface area contributed by atoms with Gasteiger partial charge in [-0.2, -0.15) is 16.1 Å². The molecule has 2 aromatic carbocycles. The molecule has 2 rings (SSSR count). The number of thioether (sulfide) groups is 1. The molecule has 0 aliphatic carbocycles. The van der Waals surface area contributed by atoms with Gasteiger partial charge in [-0.05, 0) is 36.8 Å². The van der Waals surface area contributed by atoms with Crippen LogP contribution in [0.5, 0.6) is 0 Å². The molecule has 0 atom stereocenters. The molecule has 0 aliphatic rings. The molecule has 0 bridgehead atoms. The Labute approximate surface area is 178 Å². The van der Waals surface area contributed by atoms with Crippen LogP contribution in [0.2, 0.25) is 0 Å². The highest BCUT2D eigenvalue weighted by molar-refractivity contribution is 8.00. The van der Waals surface area contributed by atoms with Crippen molar-refractivity contribution >= 4 is 27.7 Å². The Morgan fingerprint density at radius 3 is 2.17 bits per heavy atom. The van der Waals surface area contributed by atoms with Gasteiger partial charge < -0.3 is 5.32 Å². The van der Waals surface area contributed by atoms with Gasteiger partial charge in [-0.3, -0.25) is 4.79 Å². The number of nitrogens with one attached hydrogen (secondary N) is 1. The first kappa shape index (κ1) is 23.4. The maximum atomic E-state index is 12.7. The van der Waals surface area contributed by atoms with Crippen molar-refractivity contribution in [3.63, 3.8) is 0 Å². The molecule has 7 heteroatoms. The molecule has 0 aliphatic heterocycles. The van der Waals surface area contributed by atoms with Crippen LogP contribution in [0.1, 0.15) is 42.3 Å². The number of rotatable bonds is 8. The van der Waals surface area contributed by atoms with E-state index in [-0.39, 0.29) is 22.1 Å². The number of benzene rings is 2. The van der Waals surface area contributed by atoms with Crippen molar-refractivity contribution in [2.75, 3.05) is 19.3 Å². The quantitative estimate of drug-likeness (QED) is 0.636. The Hall–Kier alpha value is -1.83. The second-order valence-corrected chi connectivity index (χ2v) is 12.0. The number of sulfonamides is 1. The fraction of sp³-hybridized carbons (Fsp3) is 0.409. The number of hydrogen-bond acceptors (Lipinski definition) is 4. The Kier molecular flexibility index (Phi) is 7.91. The van der Waals surface area contributed by atoms with Crippen LogP contribution < -0.4 is 5.32 Å². The molecule has 0 unspecified atom stereocenters. The lowest BCUT2D eigenvalue weighted by molar-refractivity contribution is 0.0956. The van der Waals surface area contributed by atoms with Gasteiger partial charge >= 0.3 is 0 Å². The van der Waals surface area contributed by atoms with E-state index < -0.39 is 10.0 Å². The molecule has 0 fully saturated rings. The summed E-state index contributed by atoms with van der Waals surface area (Å²) < 4.78 is 26.9. The molecule has 0 radical (unpaired) electrons. The minimum absolute atomic E-state index is 0.119. The van der Waals surface area contributed by atoms with Crippen molar-refractivity contribution in [1.29, 1.82) is 0 Å². The van der Waals surface area contributed by atoms with E-state index in [4.69, 9.17) is 0 Å². The zero-order chi connectivity index (χ0) is 21.7. The maximum absolute atomic E-state index is 12.7. The summed E-state index contributed by atoms with van der Waals surface area (Å²) in [7, 11) is -2.00. The van der Waals surface area contributed by atoms with Gasteiger partial charge in [0.2, 0.25) is 10.0 Å². The molecule has 29 heavy (non-hydrogen) atoms. The van der Waals surface area contributed by atoms with Crippen LogP contribution in [0.15, 0.2) is 53.4 Å². The van der Waals surface area contributed by atoms with Crippen molar-refractivity contribution in [2.45, 2.75) is 43.9 Å². The summed E-state index contributed by atoms with van der Waals surface area (Å²) >= 11 is 1.80. The van der Waals surface area contributed by atoms with Crippen molar-refractivity contribution in [3.8, 4) is 0 Å². The van der Waals surface area contributed by atoms with Crippen LogP contribution in [-0.2, 0) is 16.6 Å². The molecule has 1 amide bonds. The van der Waals surface area contributed by atoms with Crippen molar-refractivity contribution in [3.05, 3.63) is 65.2 Å². The number of carbonyl (C=O) groups is 1. The average Bonchev–Trinajstić information content (AvgIpc) is 2.65. The first-order chi connectivity index (χ1) is 13.5. The van der Waals surface area contributed by atoms with Gasteiger partial charge in [0.1, 0.15) is 0 Å². The zero-order valence-corrected chi connectivity index (χ0v) is 19.4. The number of amides is 1. The SMILES string of the molecule is Cc1ccc(S(=O)(=O)N(C)Cc2ccc(C(=O)NCCSC(C)(C)C)cc2)cc1. The zero-order valence-electron chi connectivity index (χ0n) is 17.7.